The molecule has 1 N–H and O–H groups in total. The van der Waals surface area contributed by atoms with E-state index in [9.17, 15) is 13.2 Å². The van der Waals surface area contributed by atoms with Crippen molar-refractivity contribution in [3.05, 3.63) is 42.0 Å². The average Bonchev–Trinajstić information content (AvgIpc) is 3.26. The van der Waals surface area contributed by atoms with Crippen molar-refractivity contribution in [3.8, 4) is 17.2 Å². The van der Waals surface area contributed by atoms with Gasteiger partial charge in [-0.3, -0.25) is 4.79 Å². The Morgan fingerprint density at radius 1 is 1.06 bits per heavy atom. The highest BCUT2D eigenvalue weighted by Crippen LogP contribution is 2.34. The van der Waals surface area contributed by atoms with Gasteiger partial charge in [-0.05, 0) is 55.2 Å². The molecule has 2 aliphatic rings. The molecule has 0 aromatic heterocycles. The number of ether oxygens (including phenoxy) is 3. The molecule has 2 aliphatic heterocycles. The van der Waals surface area contributed by atoms with E-state index < -0.39 is 10.0 Å². The number of carbonyl (C=O) groups is 1. The number of sulfonamides is 1. The van der Waals surface area contributed by atoms with Crippen LogP contribution in [0.3, 0.4) is 0 Å². The van der Waals surface area contributed by atoms with Crippen molar-refractivity contribution in [1.82, 2.24) is 4.31 Å². The van der Waals surface area contributed by atoms with Crippen molar-refractivity contribution in [2.75, 3.05) is 32.3 Å². The maximum Gasteiger partial charge on any atom is 0.243 e. The van der Waals surface area contributed by atoms with Crippen molar-refractivity contribution in [3.63, 3.8) is 0 Å². The largest absolute Gasteiger partial charge is 0.496 e. The van der Waals surface area contributed by atoms with E-state index in [1.807, 2.05) is 0 Å². The zero-order valence-corrected chi connectivity index (χ0v) is 18.2. The van der Waals surface area contributed by atoms with Crippen LogP contribution in [0.2, 0.25) is 0 Å². The average molecular weight is 447 g/mol. The molecule has 0 saturated carbocycles. The minimum absolute atomic E-state index is 0.170. The summed E-state index contributed by atoms with van der Waals surface area (Å²) < 4.78 is 43.5. The third-order valence-corrected chi connectivity index (χ3v) is 7.38. The van der Waals surface area contributed by atoms with E-state index in [2.05, 4.69) is 5.32 Å². The van der Waals surface area contributed by atoms with Gasteiger partial charge in [0.1, 0.15) is 5.75 Å². The summed E-state index contributed by atoms with van der Waals surface area (Å²) in [5, 5.41) is 2.83. The van der Waals surface area contributed by atoms with E-state index in [1.165, 1.54) is 11.4 Å². The number of amides is 1. The zero-order valence-electron chi connectivity index (χ0n) is 17.4. The molecule has 0 spiro atoms. The number of carbonyl (C=O) groups excluding carboxylic acids is 1. The van der Waals surface area contributed by atoms with Gasteiger partial charge >= 0.3 is 0 Å². The predicted molar refractivity (Wildman–Crippen MR) is 115 cm³/mol. The maximum atomic E-state index is 13.0. The summed E-state index contributed by atoms with van der Waals surface area (Å²) in [6.45, 7) is 1.26. The molecule has 0 unspecified atom stereocenters. The predicted octanol–water partition coefficient (Wildman–Crippen LogP) is 3.17. The molecule has 0 radical (unpaired) electrons. The van der Waals surface area contributed by atoms with Crippen LogP contribution in [-0.2, 0) is 21.2 Å². The first-order valence-electron chi connectivity index (χ1n) is 10.3. The number of benzene rings is 2. The molecule has 31 heavy (non-hydrogen) atoms. The molecule has 166 valence electrons. The molecule has 1 amide bonds. The highest BCUT2D eigenvalue weighted by Gasteiger charge is 2.26. The molecule has 1 fully saturated rings. The summed E-state index contributed by atoms with van der Waals surface area (Å²) >= 11 is 0. The number of rotatable bonds is 7. The van der Waals surface area contributed by atoms with Gasteiger partial charge in [0.25, 0.3) is 0 Å². The molecular weight excluding hydrogens is 420 g/mol. The van der Waals surface area contributed by atoms with Crippen molar-refractivity contribution >= 4 is 21.6 Å². The normalized spacial score (nSPS) is 16.2. The second-order valence-corrected chi connectivity index (χ2v) is 9.49. The Kier molecular flexibility index (Phi) is 6.33. The van der Waals surface area contributed by atoms with Gasteiger partial charge in [-0.2, -0.15) is 4.31 Å². The summed E-state index contributed by atoms with van der Waals surface area (Å²) in [5.74, 6) is 1.61. The Labute approximate surface area is 182 Å². The van der Waals surface area contributed by atoms with Gasteiger partial charge in [0, 0.05) is 31.3 Å². The van der Waals surface area contributed by atoms with Crippen molar-refractivity contribution in [2.24, 2.45) is 0 Å². The minimum Gasteiger partial charge on any atom is -0.496 e. The number of anilines is 1. The van der Waals surface area contributed by atoms with Crippen LogP contribution in [-0.4, -0.2) is 45.6 Å². The lowest BCUT2D eigenvalue weighted by Gasteiger charge is -2.26. The number of aryl methyl sites for hydroxylation is 1. The topological polar surface area (TPSA) is 94.2 Å². The molecular formula is C22H26N2O6S. The number of piperidine rings is 1. The van der Waals surface area contributed by atoms with Gasteiger partial charge in [0.2, 0.25) is 22.7 Å². The molecule has 8 nitrogen and oxygen atoms in total. The summed E-state index contributed by atoms with van der Waals surface area (Å²) in [6.07, 6.45) is 3.34. The number of hydrogen-bond donors (Lipinski definition) is 1. The van der Waals surface area contributed by atoms with Crippen LogP contribution >= 0.6 is 0 Å². The van der Waals surface area contributed by atoms with Gasteiger partial charge in [-0.1, -0.05) is 6.42 Å². The highest BCUT2D eigenvalue weighted by molar-refractivity contribution is 7.89. The van der Waals surface area contributed by atoms with Gasteiger partial charge in [0.15, 0.2) is 11.5 Å². The summed E-state index contributed by atoms with van der Waals surface area (Å²) in [7, 11) is -2.02. The molecule has 0 aliphatic carbocycles. The fraction of sp³-hybridized carbons (Fsp3) is 0.409. The standard InChI is InChI=1S/C22H26N2O6S/c1-28-19-9-7-18(31(26,27)24-11-3-2-4-12-24)13-16(19)5-10-22(25)23-17-6-8-20-21(14-17)30-15-29-20/h6-9,13-14H,2-5,10-12,15H2,1H3,(H,23,25). The van der Waals surface area contributed by atoms with Crippen molar-refractivity contribution in [1.29, 1.82) is 0 Å². The summed E-state index contributed by atoms with van der Waals surface area (Å²) in [5.41, 5.74) is 1.30. The quantitative estimate of drug-likeness (QED) is 0.702. The molecule has 2 aromatic rings. The number of nitrogens with one attached hydrogen (secondary N) is 1. The smallest absolute Gasteiger partial charge is 0.243 e. The zero-order chi connectivity index (χ0) is 21.8. The number of fused-ring (bicyclic) bond motifs is 1. The van der Waals surface area contributed by atoms with Gasteiger partial charge < -0.3 is 19.5 Å². The highest BCUT2D eigenvalue weighted by atomic mass is 32.2. The van der Waals surface area contributed by atoms with E-state index in [1.54, 1.807) is 36.4 Å². The first kappa shape index (κ1) is 21.5. The Bertz CT molecular complexity index is 1060. The Morgan fingerprint density at radius 3 is 2.61 bits per heavy atom. The van der Waals surface area contributed by atoms with Crippen LogP contribution in [0.15, 0.2) is 41.3 Å². The lowest BCUT2D eigenvalue weighted by atomic mass is 10.1. The van der Waals surface area contributed by atoms with Gasteiger partial charge in [0.05, 0.1) is 12.0 Å². The van der Waals surface area contributed by atoms with E-state index in [0.717, 1.165) is 19.3 Å². The maximum absolute atomic E-state index is 13.0. The van der Waals surface area contributed by atoms with Crippen LogP contribution in [0.5, 0.6) is 17.2 Å². The molecule has 0 atom stereocenters. The molecule has 9 heteroatoms. The van der Waals surface area contributed by atoms with Crippen LogP contribution < -0.4 is 19.5 Å². The first-order chi connectivity index (χ1) is 15.0. The molecule has 2 heterocycles. The Hall–Kier alpha value is -2.78. The van der Waals surface area contributed by atoms with Gasteiger partial charge in [-0.25, -0.2) is 8.42 Å². The fourth-order valence-corrected chi connectivity index (χ4v) is 5.38. The second-order valence-electron chi connectivity index (χ2n) is 7.55. The Balaban J connectivity index is 1.44. The molecule has 0 bridgehead atoms. The van der Waals surface area contributed by atoms with E-state index >= 15 is 0 Å². The third-order valence-electron chi connectivity index (χ3n) is 5.48. The first-order valence-corrected chi connectivity index (χ1v) is 11.8. The van der Waals surface area contributed by atoms with E-state index in [0.29, 0.717) is 48.0 Å². The van der Waals surface area contributed by atoms with Crippen LogP contribution in [0, 0.1) is 0 Å². The SMILES string of the molecule is COc1ccc(S(=O)(=O)N2CCCCC2)cc1CCC(=O)Nc1ccc2c(c1)OCO2. The van der Waals surface area contributed by atoms with E-state index in [-0.39, 0.29) is 24.0 Å². The number of methoxy groups -OCH3 is 1. The van der Waals surface area contributed by atoms with Crippen LogP contribution in [0.25, 0.3) is 0 Å². The fourth-order valence-electron chi connectivity index (χ4n) is 3.81. The lowest BCUT2D eigenvalue weighted by Crippen LogP contribution is -2.35. The third kappa shape index (κ3) is 4.77. The lowest BCUT2D eigenvalue weighted by molar-refractivity contribution is -0.116. The molecule has 2 aromatic carbocycles. The second kappa shape index (κ2) is 9.15. The number of nitrogens with zero attached hydrogens (tertiary/aromatic N) is 1. The molecule has 4 rings (SSSR count). The summed E-state index contributed by atoms with van der Waals surface area (Å²) in [6, 6.07) is 10.1. The van der Waals surface area contributed by atoms with Gasteiger partial charge in [-0.15, -0.1) is 0 Å². The molecule has 1 saturated heterocycles. The minimum atomic E-state index is -3.55. The Morgan fingerprint density at radius 2 is 1.84 bits per heavy atom. The van der Waals surface area contributed by atoms with E-state index in [4.69, 9.17) is 14.2 Å². The monoisotopic (exact) mass is 446 g/mol. The summed E-state index contributed by atoms with van der Waals surface area (Å²) in [4.78, 5) is 12.7. The van der Waals surface area contributed by atoms with Crippen molar-refractivity contribution in [2.45, 2.75) is 37.0 Å². The van der Waals surface area contributed by atoms with Crippen LogP contribution in [0.1, 0.15) is 31.2 Å². The van der Waals surface area contributed by atoms with Crippen molar-refractivity contribution < 1.29 is 27.4 Å². The van der Waals surface area contributed by atoms with Crippen LogP contribution in [0.4, 0.5) is 5.69 Å². The number of hydrogen-bond acceptors (Lipinski definition) is 6.